The van der Waals surface area contributed by atoms with Gasteiger partial charge in [0.25, 0.3) is 5.56 Å². The number of aromatic nitrogens is 2. The lowest BCUT2D eigenvalue weighted by molar-refractivity contribution is -0.144. The van der Waals surface area contributed by atoms with Gasteiger partial charge in [0.05, 0.1) is 18.0 Å². The van der Waals surface area contributed by atoms with E-state index < -0.39 is 12.0 Å². The molecule has 24 heavy (non-hydrogen) atoms. The lowest BCUT2D eigenvalue weighted by atomic mass is 10.1. The van der Waals surface area contributed by atoms with Crippen molar-refractivity contribution in [3.05, 3.63) is 65.0 Å². The molecule has 1 heterocycles. The van der Waals surface area contributed by atoms with Crippen molar-refractivity contribution in [2.45, 2.75) is 19.4 Å². The van der Waals surface area contributed by atoms with Crippen LogP contribution in [0.25, 0.3) is 22.3 Å². The van der Waals surface area contributed by atoms with E-state index in [-0.39, 0.29) is 5.56 Å². The van der Waals surface area contributed by atoms with E-state index in [4.69, 9.17) is 4.74 Å². The van der Waals surface area contributed by atoms with Gasteiger partial charge < -0.3 is 4.74 Å². The van der Waals surface area contributed by atoms with E-state index in [9.17, 15) is 9.59 Å². The first-order valence-electron chi connectivity index (χ1n) is 7.82. The van der Waals surface area contributed by atoms with E-state index in [1.165, 1.54) is 11.7 Å². The van der Waals surface area contributed by atoms with Crippen LogP contribution < -0.4 is 5.56 Å². The van der Waals surface area contributed by atoms with Crippen LogP contribution in [0.1, 0.15) is 19.4 Å². The molecule has 0 aliphatic rings. The Morgan fingerprint density at radius 2 is 1.79 bits per heavy atom. The number of para-hydroxylation sites is 1. The maximum Gasteiger partial charge on any atom is 0.329 e. The fourth-order valence-electron chi connectivity index (χ4n) is 2.82. The Bertz CT molecular complexity index is 932. The Labute approximate surface area is 139 Å². The number of methoxy groups -OCH3 is 1. The summed E-state index contributed by atoms with van der Waals surface area (Å²) in [6, 6.07) is 15.8. The molecule has 5 nitrogen and oxygen atoms in total. The molecule has 0 aliphatic carbocycles. The number of ether oxygens (including phenoxy) is 1. The number of esters is 1. The van der Waals surface area contributed by atoms with Crippen molar-refractivity contribution in [1.82, 2.24) is 9.55 Å². The molecule has 0 unspecified atom stereocenters. The lowest BCUT2D eigenvalue weighted by Gasteiger charge is -2.20. The van der Waals surface area contributed by atoms with Gasteiger partial charge in [0.1, 0.15) is 11.9 Å². The minimum Gasteiger partial charge on any atom is -0.467 e. The highest BCUT2D eigenvalue weighted by Crippen LogP contribution is 2.23. The van der Waals surface area contributed by atoms with Gasteiger partial charge in [-0.2, -0.15) is 0 Å². The van der Waals surface area contributed by atoms with Crippen LogP contribution in [0.4, 0.5) is 0 Å². The van der Waals surface area contributed by atoms with Gasteiger partial charge in [-0.25, -0.2) is 9.78 Å². The average Bonchev–Trinajstić information content (AvgIpc) is 2.64. The van der Waals surface area contributed by atoms with Crippen LogP contribution in [0.15, 0.2) is 59.4 Å². The van der Waals surface area contributed by atoms with Gasteiger partial charge in [0.2, 0.25) is 0 Å². The van der Waals surface area contributed by atoms with Crippen molar-refractivity contribution in [2.75, 3.05) is 7.11 Å². The van der Waals surface area contributed by atoms with Gasteiger partial charge in [-0.3, -0.25) is 9.36 Å². The summed E-state index contributed by atoms with van der Waals surface area (Å²) in [5.41, 5.74) is 1.15. The van der Waals surface area contributed by atoms with E-state index in [1.807, 2.05) is 43.3 Å². The predicted molar refractivity (Wildman–Crippen MR) is 92.8 cm³/mol. The third kappa shape index (κ3) is 2.69. The van der Waals surface area contributed by atoms with Crippen molar-refractivity contribution in [1.29, 1.82) is 0 Å². The van der Waals surface area contributed by atoms with E-state index in [0.29, 0.717) is 23.1 Å². The van der Waals surface area contributed by atoms with Gasteiger partial charge in [-0.15, -0.1) is 0 Å². The van der Waals surface area contributed by atoms with Gasteiger partial charge in [0, 0.05) is 5.56 Å². The smallest absolute Gasteiger partial charge is 0.329 e. The number of hydrogen-bond donors (Lipinski definition) is 0. The summed E-state index contributed by atoms with van der Waals surface area (Å²) < 4.78 is 6.34. The van der Waals surface area contributed by atoms with Crippen LogP contribution in [0, 0.1) is 0 Å². The summed E-state index contributed by atoms with van der Waals surface area (Å²) >= 11 is 0. The Kier molecular flexibility index (Phi) is 4.42. The second kappa shape index (κ2) is 6.66. The molecule has 0 saturated carbocycles. The summed E-state index contributed by atoms with van der Waals surface area (Å²) in [6.07, 6.45) is 0.437. The van der Waals surface area contributed by atoms with Crippen LogP contribution in [-0.2, 0) is 9.53 Å². The maximum atomic E-state index is 13.1. The van der Waals surface area contributed by atoms with E-state index >= 15 is 0 Å². The number of carbonyl (C=O) groups is 1. The quantitative estimate of drug-likeness (QED) is 0.692. The highest BCUT2D eigenvalue weighted by Gasteiger charge is 2.25. The van der Waals surface area contributed by atoms with Crippen molar-refractivity contribution < 1.29 is 9.53 Å². The summed E-state index contributed by atoms with van der Waals surface area (Å²) in [6.45, 7) is 1.85. The molecule has 0 aliphatic heterocycles. The van der Waals surface area contributed by atoms with Crippen molar-refractivity contribution in [2.24, 2.45) is 0 Å². The molecule has 2 aromatic carbocycles. The van der Waals surface area contributed by atoms with Crippen LogP contribution in [0.5, 0.6) is 0 Å². The molecule has 3 aromatic rings. The SMILES string of the molecule is CC[C@H](C(=O)OC)n1c(-c2ccccc2)nc2ccccc2c1=O. The monoisotopic (exact) mass is 322 g/mol. The molecule has 122 valence electrons. The fraction of sp³-hybridized carbons (Fsp3) is 0.211. The van der Waals surface area contributed by atoms with Crippen molar-refractivity contribution >= 4 is 16.9 Å². The summed E-state index contributed by atoms with van der Waals surface area (Å²) in [5.74, 6) is 0.0189. The number of hydrogen-bond acceptors (Lipinski definition) is 4. The largest absolute Gasteiger partial charge is 0.467 e. The molecule has 3 rings (SSSR count). The highest BCUT2D eigenvalue weighted by atomic mass is 16.5. The van der Waals surface area contributed by atoms with Gasteiger partial charge in [0.15, 0.2) is 0 Å². The molecule has 0 spiro atoms. The number of benzene rings is 2. The highest BCUT2D eigenvalue weighted by molar-refractivity contribution is 5.81. The lowest BCUT2D eigenvalue weighted by Crippen LogP contribution is -2.32. The molecular formula is C19H18N2O3. The summed E-state index contributed by atoms with van der Waals surface area (Å²) in [4.78, 5) is 29.9. The number of carbonyl (C=O) groups excluding carboxylic acids is 1. The Balaban J connectivity index is 2.38. The first kappa shape index (κ1) is 15.9. The number of rotatable bonds is 4. The Morgan fingerprint density at radius 1 is 1.12 bits per heavy atom. The maximum absolute atomic E-state index is 13.1. The van der Waals surface area contributed by atoms with Crippen molar-refractivity contribution in [3.8, 4) is 11.4 Å². The molecule has 0 amide bonds. The third-order valence-corrected chi connectivity index (χ3v) is 4.01. The van der Waals surface area contributed by atoms with Crippen LogP contribution >= 0.6 is 0 Å². The first-order chi connectivity index (χ1) is 11.7. The third-order valence-electron chi connectivity index (χ3n) is 4.01. The van der Waals surface area contributed by atoms with E-state index in [1.54, 1.807) is 18.2 Å². The van der Waals surface area contributed by atoms with Crippen LogP contribution in [-0.4, -0.2) is 22.6 Å². The minimum atomic E-state index is -0.713. The Hall–Kier alpha value is -2.95. The zero-order valence-corrected chi connectivity index (χ0v) is 13.6. The van der Waals surface area contributed by atoms with Gasteiger partial charge in [-0.1, -0.05) is 49.4 Å². The molecule has 0 radical (unpaired) electrons. The first-order valence-corrected chi connectivity index (χ1v) is 7.82. The molecular weight excluding hydrogens is 304 g/mol. The normalized spacial score (nSPS) is 12.1. The number of fused-ring (bicyclic) bond motifs is 1. The van der Waals surface area contributed by atoms with E-state index in [0.717, 1.165) is 5.56 Å². The van der Waals surface area contributed by atoms with Gasteiger partial charge >= 0.3 is 5.97 Å². The van der Waals surface area contributed by atoms with Gasteiger partial charge in [-0.05, 0) is 18.6 Å². The average molecular weight is 322 g/mol. The molecule has 0 N–H and O–H groups in total. The second-order valence-corrected chi connectivity index (χ2v) is 5.44. The summed E-state index contributed by atoms with van der Waals surface area (Å²) in [5, 5.41) is 0.486. The second-order valence-electron chi connectivity index (χ2n) is 5.44. The molecule has 0 bridgehead atoms. The van der Waals surface area contributed by atoms with Crippen LogP contribution in [0.2, 0.25) is 0 Å². The molecule has 5 heteroatoms. The number of nitrogens with zero attached hydrogens (tertiary/aromatic N) is 2. The van der Waals surface area contributed by atoms with Crippen molar-refractivity contribution in [3.63, 3.8) is 0 Å². The Morgan fingerprint density at radius 3 is 2.46 bits per heavy atom. The molecule has 0 fully saturated rings. The molecule has 1 aromatic heterocycles. The van der Waals surface area contributed by atoms with E-state index in [2.05, 4.69) is 4.98 Å². The fourth-order valence-corrected chi connectivity index (χ4v) is 2.82. The zero-order valence-electron chi connectivity index (χ0n) is 13.6. The predicted octanol–water partition coefficient (Wildman–Crippen LogP) is 3.19. The standard InChI is InChI=1S/C19H18N2O3/c1-3-16(19(23)24-2)21-17(13-9-5-4-6-10-13)20-15-12-8-7-11-14(15)18(21)22/h4-12,16H,3H2,1-2H3/t16-/m1/s1. The molecule has 1 atom stereocenters. The van der Waals surface area contributed by atoms with Crippen LogP contribution in [0.3, 0.4) is 0 Å². The zero-order chi connectivity index (χ0) is 17.1. The molecule has 0 saturated heterocycles. The minimum absolute atomic E-state index is 0.239. The summed E-state index contributed by atoms with van der Waals surface area (Å²) in [7, 11) is 1.33. The topological polar surface area (TPSA) is 61.2 Å².